The van der Waals surface area contributed by atoms with E-state index in [-0.39, 0.29) is 0 Å². The normalized spacial score (nSPS) is 20.6. The summed E-state index contributed by atoms with van der Waals surface area (Å²) in [6.07, 6.45) is 4.90. The molecule has 138 valence electrons. The first-order valence-corrected chi connectivity index (χ1v) is 9.89. The van der Waals surface area contributed by atoms with Gasteiger partial charge in [0.1, 0.15) is 0 Å². The van der Waals surface area contributed by atoms with E-state index in [4.69, 9.17) is 5.26 Å². The summed E-state index contributed by atoms with van der Waals surface area (Å²) in [5.41, 5.74) is 6.73. The molecule has 1 aliphatic heterocycles. The number of hydrogen-bond acceptors (Lipinski definition) is 2. The molecule has 0 spiro atoms. The van der Waals surface area contributed by atoms with Crippen molar-refractivity contribution in [3.8, 4) is 6.07 Å². The molecule has 27 heavy (non-hydrogen) atoms. The molecule has 2 atom stereocenters. The molecule has 0 unspecified atom stereocenters. The van der Waals surface area contributed by atoms with Gasteiger partial charge in [0.25, 0.3) is 0 Å². The molecule has 2 aromatic carbocycles. The Hall–Kier alpha value is -2.57. The van der Waals surface area contributed by atoms with E-state index in [9.17, 15) is 0 Å². The SMILES string of the molecule is Cc1cc(C)c2[nH]ccc2c1CN1CC[C@H](CC#N)C[C@H]1c1ccccc1. The Kier molecular flexibility index (Phi) is 5.01. The maximum absolute atomic E-state index is 9.17. The number of H-pyrrole nitrogens is 1. The number of aryl methyl sites for hydroxylation is 2. The second-order valence-corrected chi connectivity index (χ2v) is 7.90. The minimum absolute atomic E-state index is 0.382. The second-order valence-electron chi connectivity index (χ2n) is 7.90. The lowest BCUT2D eigenvalue weighted by Crippen LogP contribution is -2.36. The molecule has 0 saturated carbocycles. The highest BCUT2D eigenvalue weighted by atomic mass is 15.2. The van der Waals surface area contributed by atoms with Gasteiger partial charge in [-0.15, -0.1) is 0 Å². The van der Waals surface area contributed by atoms with Crippen molar-refractivity contribution in [2.75, 3.05) is 6.54 Å². The molecule has 0 amide bonds. The summed E-state index contributed by atoms with van der Waals surface area (Å²) in [7, 11) is 0. The number of nitriles is 1. The number of rotatable bonds is 4. The highest BCUT2D eigenvalue weighted by molar-refractivity contribution is 5.86. The maximum Gasteiger partial charge on any atom is 0.0624 e. The Bertz CT molecular complexity index is 964. The molecule has 1 fully saturated rings. The molecule has 1 N–H and O–H groups in total. The molecular formula is C24H27N3. The number of fused-ring (bicyclic) bond motifs is 1. The summed E-state index contributed by atoms with van der Waals surface area (Å²) >= 11 is 0. The van der Waals surface area contributed by atoms with Gasteiger partial charge in [0, 0.05) is 36.1 Å². The predicted molar refractivity (Wildman–Crippen MR) is 110 cm³/mol. The quantitative estimate of drug-likeness (QED) is 0.655. The van der Waals surface area contributed by atoms with E-state index in [0.717, 1.165) is 25.9 Å². The van der Waals surface area contributed by atoms with Crippen LogP contribution in [0.4, 0.5) is 0 Å². The Balaban J connectivity index is 1.68. The first-order chi connectivity index (χ1) is 13.2. The maximum atomic E-state index is 9.17. The largest absolute Gasteiger partial charge is 0.361 e. The number of nitrogens with zero attached hydrogens (tertiary/aromatic N) is 2. The third kappa shape index (κ3) is 3.50. The summed E-state index contributed by atoms with van der Waals surface area (Å²) in [5.74, 6) is 0.503. The molecular weight excluding hydrogens is 330 g/mol. The van der Waals surface area contributed by atoms with Gasteiger partial charge in [0.05, 0.1) is 6.07 Å². The van der Waals surface area contributed by atoms with Crippen LogP contribution in [0.25, 0.3) is 10.9 Å². The molecule has 3 aromatic rings. The van der Waals surface area contributed by atoms with Gasteiger partial charge in [-0.05, 0) is 67.5 Å². The van der Waals surface area contributed by atoms with Gasteiger partial charge in [-0.1, -0.05) is 36.4 Å². The summed E-state index contributed by atoms with van der Waals surface area (Å²) in [5, 5.41) is 10.5. The summed E-state index contributed by atoms with van der Waals surface area (Å²) in [6.45, 7) is 6.41. The van der Waals surface area contributed by atoms with E-state index in [1.807, 2.05) is 0 Å². The van der Waals surface area contributed by atoms with Crippen molar-refractivity contribution in [1.82, 2.24) is 9.88 Å². The molecule has 3 heteroatoms. The first kappa shape index (κ1) is 17.8. The lowest BCUT2D eigenvalue weighted by molar-refractivity contribution is 0.106. The van der Waals surface area contributed by atoms with Crippen LogP contribution < -0.4 is 0 Å². The van der Waals surface area contributed by atoms with E-state index in [1.54, 1.807) is 0 Å². The Labute approximate surface area is 161 Å². The monoisotopic (exact) mass is 357 g/mol. The topological polar surface area (TPSA) is 42.8 Å². The van der Waals surface area contributed by atoms with Gasteiger partial charge in [-0.3, -0.25) is 4.90 Å². The average molecular weight is 358 g/mol. The van der Waals surface area contributed by atoms with Gasteiger partial charge in [-0.25, -0.2) is 0 Å². The van der Waals surface area contributed by atoms with Crippen LogP contribution in [-0.2, 0) is 6.54 Å². The number of likely N-dealkylation sites (tertiary alicyclic amines) is 1. The third-order valence-corrected chi connectivity index (χ3v) is 6.12. The van der Waals surface area contributed by atoms with Gasteiger partial charge in [0.15, 0.2) is 0 Å². The average Bonchev–Trinajstić information content (AvgIpc) is 3.17. The summed E-state index contributed by atoms with van der Waals surface area (Å²) in [4.78, 5) is 6.02. The highest BCUT2D eigenvalue weighted by Crippen LogP contribution is 2.38. The van der Waals surface area contributed by atoms with E-state index >= 15 is 0 Å². The zero-order chi connectivity index (χ0) is 18.8. The van der Waals surface area contributed by atoms with Crippen molar-refractivity contribution < 1.29 is 0 Å². The number of hydrogen-bond donors (Lipinski definition) is 1. The smallest absolute Gasteiger partial charge is 0.0624 e. The zero-order valence-electron chi connectivity index (χ0n) is 16.2. The van der Waals surface area contributed by atoms with Crippen LogP contribution in [0.3, 0.4) is 0 Å². The van der Waals surface area contributed by atoms with Crippen LogP contribution in [0.2, 0.25) is 0 Å². The van der Waals surface area contributed by atoms with Crippen molar-refractivity contribution in [2.24, 2.45) is 5.92 Å². The van der Waals surface area contributed by atoms with Crippen LogP contribution >= 0.6 is 0 Å². The van der Waals surface area contributed by atoms with Crippen molar-refractivity contribution in [3.05, 3.63) is 70.9 Å². The lowest BCUT2D eigenvalue weighted by Gasteiger charge is -2.40. The molecule has 0 radical (unpaired) electrons. The van der Waals surface area contributed by atoms with Crippen LogP contribution in [0, 0.1) is 31.1 Å². The number of aromatic nitrogens is 1. The molecule has 1 saturated heterocycles. The van der Waals surface area contributed by atoms with Crippen molar-refractivity contribution in [1.29, 1.82) is 5.26 Å². The lowest BCUT2D eigenvalue weighted by atomic mass is 9.85. The van der Waals surface area contributed by atoms with Crippen molar-refractivity contribution in [3.63, 3.8) is 0 Å². The molecule has 1 aromatic heterocycles. The van der Waals surface area contributed by atoms with Crippen molar-refractivity contribution >= 4 is 10.9 Å². The first-order valence-electron chi connectivity index (χ1n) is 9.89. The molecule has 0 aliphatic carbocycles. The standard InChI is InChI=1S/C24H27N3/c1-17-14-18(2)24-21(9-12-26-24)22(17)16-27-13-10-19(8-11-25)15-23(27)20-6-4-3-5-7-20/h3-7,9,12,14,19,23,26H,8,10,13,15-16H2,1-2H3/t19-,23-/m0/s1. The van der Waals surface area contributed by atoms with Crippen LogP contribution in [0.15, 0.2) is 48.7 Å². The fraction of sp³-hybridized carbons (Fsp3) is 0.375. The highest BCUT2D eigenvalue weighted by Gasteiger charge is 2.30. The minimum atomic E-state index is 0.382. The molecule has 0 bridgehead atoms. The molecule has 3 nitrogen and oxygen atoms in total. The van der Waals surface area contributed by atoms with Gasteiger partial charge in [0.2, 0.25) is 0 Å². The Morgan fingerprint density at radius 1 is 1.15 bits per heavy atom. The van der Waals surface area contributed by atoms with Crippen molar-refractivity contribution in [2.45, 2.75) is 45.7 Å². The Morgan fingerprint density at radius 3 is 2.74 bits per heavy atom. The number of benzene rings is 2. The van der Waals surface area contributed by atoms with Crippen LogP contribution in [0.5, 0.6) is 0 Å². The number of piperidine rings is 1. The molecule has 4 rings (SSSR count). The number of nitrogens with one attached hydrogen (secondary N) is 1. The van der Waals surface area contributed by atoms with Gasteiger partial charge < -0.3 is 4.98 Å². The zero-order valence-corrected chi connectivity index (χ0v) is 16.2. The fourth-order valence-corrected chi connectivity index (χ4v) is 4.67. The van der Waals surface area contributed by atoms with Gasteiger partial charge in [-0.2, -0.15) is 5.26 Å². The summed E-state index contributed by atoms with van der Waals surface area (Å²) in [6, 6.07) is 18.1. The predicted octanol–water partition coefficient (Wildman–Crippen LogP) is 5.65. The van der Waals surface area contributed by atoms with E-state index in [2.05, 4.69) is 78.5 Å². The van der Waals surface area contributed by atoms with E-state index < -0.39 is 0 Å². The van der Waals surface area contributed by atoms with Crippen LogP contribution in [-0.4, -0.2) is 16.4 Å². The second kappa shape index (κ2) is 7.58. The van der Waals surface area contributed by atoms with Crippen LogP contribution in [0.1, 0.15) is 47.6 Å². The fourth-order valence-electron chi connectivity index (χ4n) is 4.67. The van der Waals surface area contributed by atoms with E-state index in [1.165, 1.54) is 33.2 Å². The third-order valence-electron chi connectivity index (χ3n) is 6.12. The molecule has 1 aliphatic rings. The molecule has 2 heterocycles. The van der Waals surface area contributed by atoms with Gasteiger partial charge >= 0.3 is 0 Å². The Morgan fingerprint density at radius 2 is 1.96 bits per heavy atom. The minimum Gasteiger partial charge on any atom is -0.361 e. The van der Waals surface area contributed by atoms with E-state index in [0.29, 0.717) is 18.4 Å². The summed E-state index contributed by atoms with van der Waals surface area (Å²) < 4.78 is 0. The number of aromatic amines is 1.